The van der Waals surface area contributed by atoms with Gasteiger partial charge in [0.25, 0.3) is 5.56 Å². The van der Waals surface area contributed by atoms with Crippen LogP contribution in [0.1, 0.15) is 67.0 Å². The minimum atomic E-state index is -1.04. The highest BCUT2D eigenvalue weighted by molar-refractivity contribution is 5.90. The number of amides is 1. The summed E-state index contributed by atoms with van der Waals surface area (Å²) in [7, 11) is 1.58. The van der Waals surface area contributed by atoms with E-state index in [4.69, 9.17) is 9.47 Å². The molecular formula is C25H38N2O5. The van der Waals surface area contributed by atoms with Crippen LogP contribution >= 0.6 is 0 Å². The molecule has 0 saturated carbocycles. The number of hydrogen-bond donors (Lipinski definition) is 1. The molecule has 32 heavy (non-hydrogen) atoms. The molecule has 0 aliphatic heterocycles. The van der Waals surface area contributed by atoms with E-state index in [1.165, 1.54) is 4.90 Å². The molecule has 1 amide bonds. The summed E-state index contributed by atoms with van der Waals surface area (Å²) in [6, 6.07) is 5.31. The highest BCUT2D eigenvalue weighted by Gasteiger charge is 2.30. The lowest BCUT2D eigenvalue weighted by molar-refractivity contribution is 0.0924. The van der Waals surface area contributed by atoms with Gasteiger partial charge in [0, 0.05) is 17.5 Å². The van der Waals surface area contributed by atoms with E-state index in [-0.39, 0.29) is 17.5 Å². The molecule has 0 saturated heterocycles. The van der Waals surface area contributed by atoms with Crippen molar-refractivity contribution in [2.75, 3.05) is 13.7 Å². The fourth-order valence-corrected chi connectivity index (χ4v) is 3.59. The Morgan fingerprint density at radius 1 is 1.12 bits per heavy atom. The summed E-state index contributed by atoms with van der Waals surface area (Å²) in [6.45, 7) is 14.7. The Bertz CT molecular complexity index is 1010. The molecule has 0 bridgehead atoms. The van der Waals surface area contributed by atoms with Crippen LogP contribution in [0.5, 0.6) is 11.5 Å². The number of methoxy groups -OCH3 is 1. The van der Waals surface area contributed by atoms with Gasteiger partial charge in [-0.15, -0.1) is 0 Å². The third kappa shape index (κ3) is 5.96. The third-order valence-corrected chi connectivity index (χ3v) is 5.26. The SMILES string of the molecule is CCCCOc1c(CN(C(=O)O)C(C)(C)C)n(CC(C)(C)C)c(=O)c2ccc(OC)cc12. The maximum Gasteiger partial charge on any atom is 0.408 e. The number of hydrogen-bond acceptors (Lipinski definition) is 4. The number of nitrogens with zero attached hydrogens (tertiary/aromatic N) is 2. The first kappa shape index (κ1) is 25.6. The van der Waals surface area contributed by atoms with Crippen molar-refractivity contribution in [2.24, 2.45) is 5.41 Å². The number of carbonyl (C=O) groups is 1. The van der Waals surface area contributed by atoms with Crippen molar-refractivity contribution in [1.82, 2.24) is 9.47 Å². The van der Waals surface area contributed by atoms with Gasteiger partial charge >= 0.3 is 6.09 Å². The van der Waals surface area contributed by atoms with Crippen LogP contribution in [0.4, 0.5) is 4.79 Å². The second kappa shape index (κ2) is 9.84. The normalized spacial score (nSPS) is 12.1. The number of carboxylic acid groups (broad SMARTS) is 1. The van der Waals surface area contributed by atoms with Gasteiger partial charge in [0.15, 0.2) is 0 Å². The van der Waals surface area contributed by atoms with Crippen LogP contribution < -0.4 is 15.0 Å². The molecular weight excluding hydrogens is 408 g/mol. The maximum atomic E-state index is 13.6. The van der Waals surface area contributed by atoms with Gasteiger partial charge in [0.1, 0.15) is 11.5 Å². The molecule has 0 unspecified atom stereocenters. The molecule has 0 aliphatic carbocycles. The van der Waals surface area contributed by atoms with Crippen LogP contribution in [-0.2, 0) is 13.1 Å². The number of ether oxygens (including phenoxy) is 2. The summed E-state index contributed by atoms with van der Waals surface area (Å²) in [4.78, 5) is 27.1. The largest absolute Gasteiger partial charge is 0.497 e. The van der Waals surface area contributed by atoms with Crippen molar-refractivity contribution in [3.05, 3.63) is 34.2 Å². The van der Waals surface area contributed by atoms with Crippen molar-refractivity contribution in [1.29, 1.82) is 0 Å². The summed E-state index contributed by atoms with van der Waals surface area (Å²) in [5.41, 5.74) is -0.443. The van der Waals surface area contributed by atoms with Gasteiger partial charge in [0.05, 0.1) is 31.3 Å². The number of fused-ring (bicyclic) bond motifs is 1. The number of aromatic nitrogens is 1. The Labute approximate surface area is 190 Å². The standard InChI is InChI=1S/C25H38N2O5/c1-9-10-13-32-21-19-14-17(31-8)11-12-18(19)22(28)26(16-24(2,3)4)20(21)15-27(23(29)30)25(5,6)7/h11-12,14H,9-10,13,15-16H2,1-8H3,(H,29,30). The second-order valence-electron chi connectivity index (χ2n) is 10.4. The van der Waals surface area contributed by atoms with Gasteiger partial charge in [-0.25, -0.2) is 4.79 Å². The smallest absolute Gasteiger partial charge is 0.408 e. The second-order valence-corrected chi connectivity index (χ2v) is 10.4. The van der Waals surface area contributed by atoms with E-state index < -0.39 is 11.6 Å². The summed E-state index contributed by atoms with van der Waals surface area (Å²) in [6.07, 6.45) is 0.768. The third-order valence-electron chi connectivity index (χ3n) is 5.26. The number of pyridine rings is 1. The zero-order valence-electron chi connectivity index (χ0n) is 20.7. The molecule has 0 aliphatic rings. The lowest BCUT2D eigenvalue weighted by atomic mass is 9.96. The van der Waals surface area contributed by atoms with Crippen LogP contribution in [0.25, 0.3) is 10.8 Å². The molecule has 178 valence electrons. The fraction of sp³-hybridized carbons (Fsp3) is 0.600. The Morgan fingerprint density at radius 3 is 2.28 bits per heavy atom. The predicted octanol–water partition coefficient (Wildman–Crippen LogP) is 5.51. The van der Waals surface area contributed by atoms with Crippen molar-refractivity contribution in [3.63, 3.8) is 0 Å². The number of unbranched alkanes of at least 4 members (excludes halogenated alkanes) is 1. The number of rotatable bonds is 8. The van der Waals surface area contributed by atoms with Crippen molar-refractivity contribution in [2.45, 2.75) is 79.9 Å². The number of benzene rings is 1. The molecule has 0 spiro atoms. The van der Waals surface area contributed by atoms with Gasteiger partial charge < -0.3 is 19.1 Å². The summed E-state index contributed by atoms with van der Waals surface area (Å²) in [5.74, 6) is 1.16. The minimum Gasteiger partial charge on any atom is -0.497 e. The Balaban J connectivity index is 2.90. The van der Waals surface area contributed by atoms with Crippen LogP contribution in [0, 0.1) is 5.41 Å². The quantitative estimate of drug-likeness (QED) is 0.541. The zero-order chi connectivity index (χ0) is 24.3. The lowest BCUT2D eigenvalue weighted by Crippen LogP contribution is -2.45. The molecule has 7 nitrogen and oxygen atoms in total. The molecule has 0 fully saturated rings. The molecule has 1 aromatic carbocycles. The first-order valence-electron chi connectivity index (χ1n) is 11.2. The summed E-state index contributed by atoms with van der Waals surface area (Å²) < 4.78 is 13.3. The molecule has 2 aromatic rings. The van der Waals surface area contributed by atoms with E-state index in [9.17, 15) is 14.7 Å². The van der Waals surface area contributed by atoms with Gasteiger partial charge in [0.2, 0.25) is 0 Å². The van der Waals surface area contributed by atoms with E-state index in [2.05, 4.69) is 27.7 Å². The molecule has 0 atom stereocenters. The molecule has 1 aromatic heterocycles. The summed E-state index contributed by atoms with van der Waals surface area (Å²) >= 11 is 0. The van der Waals surface area contributed by atoms with Gasteiger partial charge in [-0.1, -0.05) is 34.1 Å². The maximum absolute atomic E-state index is 13.6. The van der Waals surface area contributed by atoms with Gasteiger partial charge in [-0.3, -0.25) is 9.69 Å². The van der Waals surface area contributed by atoms with Crippen molar-refractivity contribution >= 4 is 16.9 Å². The summed E-state index contributed by atoms with van der Waals surface area (Å²) in [5, 5.41) is 11.1. The molecule has 2 rings (SSSR count). The topological polar surface area (TPSA) is 81.0 Å². The van der Waals surface area contributed by atoms with Crippen LogP contribution in [-0.4, -0.2) is 39.9 Å². The van der Waals surface area contributed by atoms with E-state index >= 15 is 0 Å². The predicted molar refractivity (Wildman–Crippen MR) is 128 cm³/mol. The van der Waals surface area contributed by atoms with Crippen molar-refractivity contribution in [3.8, 4) is 11.5 Å². The molecule has 1 heterocycles. The average Bonchev–Trinajstić information content (AvgIpc) is 2.67. The Hall–Kier alpha value is -2.70. The van der Waals surface area contributed by atoms with E-state index in [0.717, 1.165) is 12.8 Å². The minimum absolute atomic E-state index is 0.0404. The average molecular weight is 447 g/mol. The van der Waals surface area contributed by atoms with Gasteiger partial charge in [-0.2, -0.15) is 0 Å². The fourth-order valence-electron chi connectivity index (χ4n) is 3.59. The van der Waals surface area contributed by atoms with Crippen molar-refractivity contribution < 1.29 is 19.4 Å². The lowest BCUT2D eigenvalue weighted by Gasteiger charge is -2.35. The highest BCUT2D eigenvalue weighted by atomic mass is 16.5. The van der Waals surface area contributed by atoms with E-state index in [1.807, 2.05) is 20.8 Å². The van der Waals surface area contributed by atoms with E-state index in [1.54, 1.807) is 29.9 Å². The monoisotopic (exact) mass is 446 g/mol. The first-order valence-corrected chi connectivity index (χ1v) is 11.2. The zero-order valence-corrected chi connectivity index (χ0v) is 20.7. The van der Waals surface area contributed by atoms with E-state index in [0.29, 0.717) is 41.1 Å². The van der Waals surface area contributed by atoms with Gasteiger partial charge in [-0.05, 0) is 50.8 Å². The Morgan fingerprint density at radius 2 is 1.78 bits per heavy atom. The highest BCUT2D eigenvalue weighted by Crippen LogP contribution is 2.34. The van der Waals surface area contributed by atoms with Crippen LogP contribution in [0.15, 0.2) is 23.0 Å². The molecule has 1 N–H and O–H groups in total. The molecule has 7 heteroatoms. The van der Waals surface area contributed by atoms with Crippen LogP contribution in [0.3, 0.4) is 0 Å². The molecule has 0 radical (unpaired) electrons. The first-order chi connectivity index (χ1) is 14.8. The Kier molecular flexibility index (Phi) is 7.86. The van der Waals surface area contributed by atoms with Crippen LogP contribution in [0.2, 0.25) is 0 Å².